The number of likely N-dealkylation sites (tertiary alicyclic amines) is 2. The highest BCUT2D eigenvalue weighted by Crippen LogP contribution is 2.34. The maximum absolute atomic E-state index is 12.2. The zero-order valence-corrected chi connectivity index (χ0v) is 31.2. The van der Waals surface area contributed by atoms with Crippen molar-refractivity contribution in [1.29, 1.82) is 0 Å². The molecule has 16 heteroatoms. The van der Waals surface area contributed by atoms with Crippen molar-refractivity contribution in [2.24, 2.45) is 0 Å². The monoisotopic (exact) mass is 722 g/mol. The summed E-state index contributed by atoms with van der Waals surface area (Å²) < 4.78 is 25.0. The molecule has 2 aromatic heterocycles. The first-order chi connectivity index (χ1) is 24.4. The molecule has 0 radical (unpaired) electrons. The second-order valence-electron chi connectivity index (χ2n) is 15.1. The zero-order chi connectivity index (χ0) is 38.0. The largest absolute Gasteiger partial charge is 0.495 e. The molecule has 0 atom stereocenters. The number of hydrogen-bond donors (Lipinski definition) is 1. The number of carbonyl (C=O) groups excluding carboxylic acids is 2. The van der Waals surface area contributed by atoms with Crippen LogP contribution in [0.1, 0.15) is 79.3 Å². The quantitative estimate of drug-likeness (QED) is 0.131. The highest BCUT2D eigenvalue weighted by molar-refractivity contribution is 5.85. The third-order valence-corrected chi connectivity index (χ3v) is 8.87. The van der Waals surface area contributed by atoms with Crippen molar-refractivity contribution in [3.05, 3.63) is 46.8 Å². The van der Waals surface area contributed by atoms with E-state index >= 15 is 0 Å². The molecule has 0 spiro atoms. The van der Waals surface area contributed by atoms with Crippen LogP contribution in [0.15, 0.2) is 36.7 Å². The van der Waals surface area contributed by atoms with Crippen LogP contribution in [0.5, 0.6) is 11.5 Å². The van der Waals surface area contributed by atoms with Gasteiger partial charge in [0.2, 0.25) is 0 Å². The second kappa shape index (κ2) is 15.1. The smallest absolute Gasteiger partial charge is 0.410 e. The number of rotatable bonds is 5. The van der Waals surface area contributed by atoms with Crippen molar-refractivity contribution in [1.82, 2.24) is 29.4 Å². The molecule has 2 saturated heterocycles. The van der Waals surface area contributed by atoms with E-state index in [4.69, 9.17) is 24.7 Å². The second-order valence-corrected chi connectivity index (χ2v) is 15.1. The Kier molecular flexibility index (Phi) is 11.1. The van der Waals surface area contributed by atoms with Gasteiger partial charge in [-0.1, -0.05) is 0 Å². The lowest BCUT2D eigenvalue weighted by atomic mass is 10.1. The highest BCUT2D eigenvalue weighted by Gasteiger charge is 2.30. The van der Waals surface area contributed by atoms with Gasteiger partial charge in [-0.05, 0) is 73.3 Å². The van der Waals surface area contributed by atoms with E-state index in [0.29, 0.717) is 48.5 Å². The Hall–Kier alpha value is -5.28. The normalized spacial score (nSPS) is 16.0. The lowest BCUT2D eigenvalue weighted by Crippen LogP contribution is -2.42. The van der Waals surface area contributed by atoms with Crippen molar-refractivity contribution in [3.63, 3.8) is 0 Å². The molecule has 0 aliphatic carbocycles. The van der Waals surface area contributed by atoms with E-state index in [-0.39, 0.29) is 35.7 Å². The van der Waals surface area contributed by atoms with Gasteiger partial charge in [-0.2, -0.15) is 10.2 Å². The maximum atomic E-state index is 12.2. The van der Waals surface area contributed by atoms with Crippen LogP contribution in [0.3, 0.4) is 0 Å². The minimum absolute atomic E-state index is 0.0794. The van der Waals surface area contributed by atoms with Gasteiger partial charge in [-0.25, -0.2) is 9.59 Å². The number of methoxy groups -OCH3 is 2. The Balaban J connectivity index is 0.000000202. The van der Waals surface area contributed by atoms with Gasteiger partial charge < -0.3 is 34.5 Å². The number of nitro benzene ring substituents is 1. The molecule has 2 aliphatic rings. The number of benzene rings is 2. The number of anilines is 1. The SMILES string of the molecule is COc1cc2nn(C3CCN(C(=O)OC(C)(C)C)CC3)cc2cc1N.COc1cc2nn(C3CCN(C(=O)OC(C)(C)C)CC3)cc2cc1[N+](=O)[O-]. The molecule has 0 bridgehead atoms. The van der Waals surface area contributed by atoms with Gasteiger partial charge in [0.1, 0.15) is 17.0 Å². The fourth-order valence-corrected chi connectivity index (χ4v) is 6.28. The Morgan fingerprint density at radius 1 is 0.731 bits per heavy atom. The summed E-state index contributed by atoms with van der Waals surface area (Å²) >= 11 is 0. The number of nitrogens with two attached hydrogens (primary N) is 1. The van der Waals surface area contributed by atoms with Gasteiger partial charge in [0.05, 0.1) is 47.9 Å². The molecule has 2 aromatic carbocycles. The molecular weight excluding hydrogens is 672 g/mol. The predicted octanol–water partition coefficient (Wildman–Crippen LogP) is 6.72. The van der Waals surface area contributed by atoms with Gasteiger partial charge in [0.15, 0.2) is 5.75 Å². The Labute approximate surface area is 302 Å². The Morgan fingerprint density at radius 2 is 1.13 bits per heavy atom. The molecular formula is C36H50N8O8. The van der Waals surface area contributed by atoms with Crippen LogP contribution in [-0.2, 0) is 9.47 Å². The van der Waals surface area contributed by atoms with Gasteiger partial charge in [-0.15, -0.1) is 0 Å². The number of nitrogens with zero attached hydrogens (tertiary/aromatic N) is 7. The minimum Gasteiger partial charge on any atom is -0.495 e. The van der Waals surface area contributed by atoms with E-state index < -0.39 is 16.1 Å². The lowest BCUT2D eigenvalue weighted by Gasteiger charge is -2.33. The lowest BCUT2D eigenvalue weighted by molar-refractivity contribution is -0.385. The number of nitro groups is 1. The molecule has 16 nitrogen and oxygen atoms in total. The first kappa shape index (κ1) is 38.0. The molecule has 282 valence electrons. The number of amides is 2. The number of fused-ring (bicyclic) bond motifs is 2. The van der Waals surface area contributed by atoms with E-state index in [1.165, 1.54) is 13.2 Å². The van der Waals surface area contributed by atoms with E-state index in [1.807, 2.05) is 75.4 Å². The van der Waals surface area contributed by atoms with E-state index in [1.54, 1.807) is 23.0 Å². The molecule has 4 aromatic rings. The van der Waals surface area contributed by atoms with E-state index in [9.17, 15) is 19.7 Å². The molecule has 2 aliphatic heterocycles. The van der Waals surface area contributed by atoms with Crippen LogP contribution in [0.4, 0.5) is 21.0 Å². The fourth-order valence-electron chi connectivity index (χ4n) is 6.28. The topological polar surface area (TPSA) is 182 Å². The minimum atomic E-state index is -0.512. The number of piperidine rings is 2. The number of nitrogen functional groups attached to an aromatic ring is 1. The number of carbonyl (C=O) groups is 2. The van der Waals surface area contributed by atoms with Crippen molar-refractivity contribution in [2.75, 3.05) is 46.1 Å². The first-order valence-corrected chi connectivity index (χ1v) is 17.4. The summed E-state index contributed by atoms with van der Waals surface area (Å²) in [7, 11) is 3.00. The molecule has 2 fully saturated rings. The molecule has 6 rings (SSSR count). The summed E-state index contributed by atoms with van der Waals surface area (Å²) in [4.78, 5) is 38.5. The summed E-state index contributed by atoms with van der Waals surface area (Å²) in [6.45, 7) is 13.7. The summed E-state index contributed by atoms with van der Waals surface area (Å²) in [5.74, 6) is 0.829. The average molecular weight is 723 g/mol. The number of aromatic nitrogens is 4. The van der Waals surface area contributed by atoms with Crippen molar-refractivity contribution in [2.45, 2.75) is 90.5 Å². The van der Waals surface area contributed by atoms with Gasteiger partial charge >= 0.3 is 17.9 Å². The zero-order valence-electron chi connectivity index (χ0n) is 31.2. The van der Waals surface area contributed by atoms with Crippen molar-refractivity contribution < 1.29 is 33.5 Å². The molecule has 2 amide bonds. The predicted molar refractivity (Wildman–Crippen MR) is 196 cm³/mol. The number of hydrogen-bond acceptors (Lipinski definition) is 11. The number of ether oxygens (including phenoxy) is 4. The van der Waals surface area contributed by atoms with Crippen molar-refractivity contribution >= 4 is 45.4 Å². The molecule has 2 N–H and O–H groups in total. The third kappa shape index (κ3) is 9.14. The van der Waals surface area contributed by atoms with Crippen LogP contribution in [0.25, 0.3) is 21.8 Å². The van der Waals surface area contributed by atoms with Gasteiger partial charge in [-0.3, -0.25) is 19.5 Å². The Bertz CT molecular complexity index is 1910. The maximum Gasteiger partial charge on any atom is 0.410 e. The summed E-state index contributed by atoms with van der Waals surface area (Å²) in [5, 5.41) is 22.1. The molecule has 0 unspecified atom stereocenters. The van der Waals surface area contributed by atoms with Crippen LogP contribution in [0, 0.1) is 10.1 Å². The first-order valence-electron chi connectivity index (χ1n) is 17.4. The van der Waals surface area contributed by atoms with Crippen LogP contribution in [-0.4, -0.2) is 98.1 Å². The average Bonchev–Trinajstić information content (AvgIpc) is 3.69. The molecule has 0 saturated carbocycles. The summed E-state index contributed by atoms with van der Waals surface area (Å²) in [5.41, 5.74) is 7.02. The van der Waals surface area contributed by atoms with Gasteiger partial charge in [0, 0.05) is 67.5 Å². The standard InChI is InChI=1S/C18H24N4O5.C18H26N4O3/c1-18(2,3)27-17(23)20-7-5-13(6-8-20)21-11-12-9-15(22(24)25)16(26-4)10-14(12)19-21;1-18(2,3)25-17(23)21-7-5-13(6-8-21)22-11-12-9-14(19)16(24-4)10-15(12)20-22/h9-11,13H,5-8H2,1-4H3;9-11,13H,5-8,19H2,1-4H3. The van der Waals surface area contributed by atoms with Crippen LogP contribution < -0.4 is 15.2 Å². The van der Waals surface area contributed by atoms with E-state index in [0.717, 1.165) is 36.6 Å². The van der Waals surface area contributed by atoms with Crippen LogP contribution in [0.2, 0.25) is 0 Å². The summed E-state index contributed by atoms with van der Waals surface area (Å²) in [6.07, 6.45) is 6.47. The molecule has 4 heterocycles. The summed E-state index contributed by atoms with van der Waals surface area (Å²) in [6, 6.07) is 7.19. The molecule has 52 heavy (non-hydrogen) atoms. The Morgan fingerprint density at radius 3 is 1.52 bits per heavy atom. The third-order valence-electron chi connectivity index (χ3n) is 8.87. The highest BCUT2D eigenvalue weighted by atomic mass is 16.6. The van der Waals surface area contributed by atoms with Crippen LogP contribution >= 0.6 is 0 Å². The van der Waals surface area contributed by atoms with E-state index in [2.05, 4.69) is 10.2 Å². The fraction of sp³-hybridized carbons (Fsp3) is 0.556. The van der Waals surface area contributed by atoms with Gasteiger partial charge in [0.25, 0.3) is 0 Å². The van der Waals surface area contributed by atoms with Crippen molar-refractivity contribution in [3.8, 4) is 11.5 Å².